The van der Waals surface area contributed by atoms with E-state index in [9.17, 15) is 5.26 Å². The zero-order chi connectivity index (χ0) is 16.3. The minimum absolute atomic E-state index is 0.504. The highest BCUT2D eigenvalue weighted by Gasteiger charge is 2.31. The van der Waals surface area contributed by atoms with E-state index in [0.717, 1.165) is 23.1 Å². The van der Waals surface area contributed by atoms with E-state index in [1.807, 2.05) is 12.3 Å². The highest BCUT2D eigenvalue weighted by Crippen LogP contribution is 2.33. The van der Waals surface area contributed by atoms with E-state index in [1.165, 1.54) is 22.3 Å². The Morgan fingerprint density at radius 1 is 1.22 bits per heavy atom. The predicted octanol–water partition coefficient (Wildman–Crippen LogP) is 3.63. The molecule has 4 nitrogen and oxygen atoms in total. The molecule has 0 radical (unpaired) electrons. The predicted molar refractivity (Wildman–Crippen MR) is 87.8 cm³/mol. The van der Waals surface area contributed by atoms with Crippen LogP contribution in [-0.2, 0) is 6.54 Å². The summed E-state index contributed by atoms with van der Waals surface area (Å²) in [7, 11) is 0. The Balaban J connectivity index is 2.13. The number of hydrogen-bond donors (Lipinski definition) is 0. The number of aryl methyl sites for hydroxylation is 1. The van der Waals surface area contributed by atoms with Crippen molar-refractivity contribution in [3.05, 3.63) is 63.6 Å². The van der Waals surface area contributed by atoms with Gasteiger partial charge in [0.1, 0.15) is 11.2 Å². The number of benzene rings is 2. The molecule has 3 aromatic rings. The van der Waals surface area contributed by atoms with Gasteiger partial charge in [0.2, 0.25) is 6.20 Å². The van der Waals surface area contributed by atoms with Crippen LogP contribution in [0.3, 0.4) is 0 Å². The zero-order valence-corrected chi connectivity index (χ0v) is 13.3. The number of nitrogens with zero attached hydrogens (tertiary/aromatic N) is 4. The van der Waals surface area contributed by atoms with Crippen molar-refractivity contribution in [2.45, 2.75) is 27.3 Å². The van der Waals surface area contributed by atoms with E-state index in [0.29, 0.717) is 11.3 Å². The van der Waals surface area contributed by atoms with Crippen molar-refractivity contribution in [1.82, 2.24) is 4.68 Å². The third-order valence-electron chi connectivity index (χ3n) is 4.97. The number of rotatable bonds is 0. The van der Waals surface area contributed by atoms with Gasteiger partial charge in [-0.3, -0.25) is 0 Å². The van der Waals surface area contributed by atoms with Gasteiger partial charge in [0, 0.05) is 0 Å². The number of aromatic nitrogens is 2. The van der Waals surface area contributed by atoms with Gasteiger partial charge < -0.3 is 0 Å². The molecule has 0 fully saturated rings. The summed E-state index contributed by atoms with van der Waals surface area (Å²) in [5, 5.41) is 10.3. The first-order valence-corrected chi connectivity index (χ1v) is 7.52. The molecular formula is C19H15N4+. The summed E-state index contributed by atoms with van der Waals surface area (Å²) in [6, 6.07) is 7.96. The highest BCUT2D eigenvalue weighted by molar-refractivity contribution is 5.89. The molecule has 110 valence electrons. The fourth-order valence-corrected chi connectivity index (χ4v) is 3.49. The minimum Gasteiger partial charge on any atom is -0.238 e. The standard InChI is InChI=1S/C19H15N4/c1-11-5-18-16(13(3)12(11)2)9-22-10-17-14(8-20)6-15(21-4)7-19(17)23(18)22/h5-7,10H,9H2,1-3H3/q+1. The minimum atomic E-state index is 0.504. The maximum Gasteiger partial charge on any atom is 0.205 e. The fraction of sp³-hybridized carbons (Fsp3) is 0.211. The van der Waals surface area contributed by atoms with Crippen molar-refractivity contribution in [2.24, 2.45) is 0 Å². The fourth-order valence-electron chi connectivity index (χ4n) is 3.49. The Kier molecular flexibility index (Phi) is 2.62. The van der Waals surface area contributed by atoms with Gasteiger partial charge in [-0.2, -0.15) is 5.26 Å². The molecule has 0 saturated heterocycles. The van der Waals surface area contributed by atoms with Gasteiger partial charge in [0.05, 0.1) is 29.2 Å². The summed E-state index contributed by atoms with van der Waals surface area (Å²) in [6.07, 6.45) is 2.02. The first-order chi connectivity index (χ1) is 11.0. The van der Waals surface area contributed by atoms with Crippen LogP contribution in [0.2, 0.25) is 0 Å². The molecule has 2 aromatic carbocycles. The maximum absolute atomic E-state index is 9.39. The molecule has 1 aliphatic rings. The van der Waals surface area contributed by atoms with E-state index in [-0.39, 0.29) is 0 Å². The second-order valence-corrected chi connectivity index (χ2v) is 6.13. The van der Waals surface area contributed by atoms with Crippen LogP contribution in [0, 0.1) is 38.7 Å². The molecule has 23 heavy (non-hydrogen) atoms. The Hall–Kier alpha value is -3.11. The lowest BCUT2D eigenvalue weighted by Crippen LogP contribution is -2.36. The Labute approximate surface area is 134 Å². The SMILES string of the molecule is [C-]#[N+]c1cc(C#N)c2c[n+]3n(c2c1)-c1cc(C)c(C)c(C)c1C3. The van der Waals surface area contributed by atoms with Crippen LogP contribution in [0.4, 0.5) is 5.69 Å². The molecular weight excluding hydrogens is 284 g/mol. The Morgan fingerprint density at radius 3 is 2.70 bits per heavy atom. The second kappa shape index (κ2) is 4.44. The van der Waals surface area contributed by atoms with Crippen molar-refractivity contribution in [3.63, 3.8) is 0 Å². The molecule has 4 rings (SSSR count). The van der Waals surface area contributed by atoms with Crippen molar-refractivity contribution in [1.29, 1.82) is 5.26 Å². The normalized spacial score (nSPS) is 11.9. The average molecular weight is 299 g/mol. The summed E-state index contributed by atoms with van der Waals surface area (Å²) in [5.41, 5.74) is 8.39. The van der Waals surface area contributed by atoms with Gasteiger partial charge >= 0.3 is 0 Å². The number of nitriles is 1. The van der Waals surface area contributed by atoms with E-state index in [2.05, 4.69) is 47.1 Å². The van der Waals surface area contributed by atoms with Gasteiger partial charge in [0.15, 0.2) is 12.2 Å². The molecule has 4 heteroatoms. The Morgan fingerprint density at radius 2 is 2.00 bits per heavy atom. The van der Waals surface area contributed by atoms with Gasteiger partial charge in [-0.15, -0.1) is 9.36 Å². The lowest BCUT2D eigenvalue weighted by Gasteiger charge is -2.08. The smallest absolute Gasteiger partial charge is 0.205 e. The second-order valence-electron chi connectivity index (χ2n) is 6.13. The summed E-state index contributed by atoms with van der Waals surface area (Å²) in [6.45, 7) is 14.5. The molecule has 0 saturated carbocycles. The van der Waals surface area contributed by atoms with Crippen molar-refractivity contribution < 1.29 is 4.68 Å². The number of hydrogen-bond acceptors (Lipinski definition) is 1. The van der Waals surface area contributed by atoms with Crippen molar-refractivity contribution in [2.75, 3.05) is 0 Å². The molecule has 0 N–H and O–H groups in total. The van der Waals surface area contributed by atoms with Crippen molar-refractivity contribution in [3.8, 4) is 11.8 Å². The van der Waals surface area contributed by atoms with E-state index >= 15 is 0 Å². The van der Waals surface area contributed by atoms with Crippen LogP contribution in [0.5, 0.6) is 0 Å². The molecule has 1 aromatic heterocycles. The number of fused-ring (bicyclic) bond motifs is 5. The highest BCUT2D eigenvalue weighted by atomic mass is 15.4. The maximum atomic E-state index is 9.39. The molecule has 2 heterocycles. The van der Waals surface area contributed by atoms with E-state index in [4.69, 9.17) is 6.57 Å². The van der Waals surface area contributed by atoms with Gasteiger partial charge in [0.25, 0.3) is 0 Å². The molecule has 1 aliphatic heterocycles. The summed E-state index contributed by atoms with van der Waals surface area (Å²) in [5.74, 6) is 0. The lowest BCUT2D eigenvalue weighted by atomic mass is 9.97. The lowest BCUT2D eigenvalue weighted by molar-refractivity contribution is -0.749. The van der Waals surface area contributed by atoms with Gasteiger partial charge in [-0.1, -0.05) is 0 Å². The molecule has 0 amide bonds. The first-order valence-electron chi connectivity index (χ1n) is 7.52. The summed E-state index contributed by atoms with van der Waals surface area (Å²) in [4.78, 5) is 3.52. The van der Waals surface area contributed by atoms with Crippen LogP contribution < -0.4 is 4.68 Å². The van der Waals surface area contributed by atoms with Gasteiger partial charge in [-0.25, -0.2) is 4.85 Å². The largest absolute Gasteiger partial charge is 0.238 e. The average Bonchev–Trinajstić information content (AvgIpc) is 3.08. The van der Waals surface area contributed by atoms with Crippen LogP contribution in [0.25, 0.3) is 21.4 Å². The monoisotopic (exact) mass is 299 g/mol. The Bertz CT molecular complexity index is 1090. The molecule has 0 aliphatic carbocycles. The summed E-state index contributed by atoms with van der Waals surface area (Å²) >= 11 is 0. The van der Waals surface area contributed by atoms with Crippen LogP contribution in [0.15, 0.2) is 24.4 Å². The third-order valence-corrected chi connectivity index (χ3v) is 4.97. The summed E-state index contributed by atoms with van der Waals surface area (Å²) < 4.78 is 4.27. The zero-order valence-electron chi connectivity index (χ0n) is 13.3. The topological polar surface area (TPSA) is 37.0 Å². The van der Waals surface area contributed by atoms with E-state index in [1.54, 1.807) is 6.07 Å². The van der Waals surface area contributed by atoms with E-state index < -0.39 is 0 Å². The first kappa shape index (κ1) is 13.5. The molecule has 0 unspecified atom stereocenters. The van der Waals surface area contributed by atoms with Crippen LogP contribution in [0.1, 0.15) is 27.8 Å². The van der Waals surface area contributed by atoms with Crippen molar-refractivity contribution >= 4 is 16.6 Å². The van der Waals surface area contributed by atoms with Crippen LogP contribution >= 0.6 is 0 Å². The molecule has 0 atom stereocenters. The molecule has 0 bridgehead atoms. The van der Waals surface area contributed by atoms with Crippen LogP contribution in [-0.4, -0.2) is 4.68 Å². The quantitative estimate of drug-likeness (QED) is 0.361. The van der Waals surface area contributed by atoms with Gasteiger partial charge in [-0.05, 0) is 55.7 Å². The molecule has 0 spiro atoms. The third kappa shape index (κ3) is 1.67.